The quantitative estimate of drug-likeness (QED) is 0.692. The molecule has 0 atom stereocenters. The summed E-state index contributed by atoms with van der Waals surface area (Å²) in [6.07, 6.45) is 7.61. The topological polar surface area (TPSA) is 89.9 Å². The molecule has 3 aromatic heterocycles. The molecule has 3 aromatic rings. The molecule has 2 aliphatic rings. The normalized spacial score (nSPS) is 16.3. The number of aromatic nitrogens is 5. The molecule has 8 nitrogen and oxygen atoms in total. The maximum Gasteiger partial charge on any atom is 0.272 e. The third kappa shape index (κ3) is 2.98. The predicted molar refractivity (Wildman–Crippen MR) is 100 cm³/mol. The summed E-state index contributed by atoms with van der Waals surface area (Å²) in [5.74, 6) is 2.00. The average molecular weight is 378 g/mol. The molecule has 0 bridgehead atoms. The van der Waals surface area contributed by atoms with Crippen LogP contribution in [0.2, 0.25) is 0 Å². The first-order chi connectivity index (χ1) is 13.6. The Morgan fingerprint density at radius 3 is 2.96 bits per heavy atom. The number of hydrogen-bond acceptors (Lipinski definition) is 6. The first kappa shape index (κ1) is 17.1. The second kappa shape index (κ2) is 6.54. The average Bonchev–Trinajstić information content (AvgIpc) is 3.21. The second-order valence-electron chi connectivity index (χ2n) is 7.70. The van der Waals surface area contributed by atoms with Gasteiger partial charge in [0.1, 0.15) is 5.69 Å². The molecule has 0 radical (unpaired) electrons. The van der Waals surface area contributed by atoms with Crippen LogP contribution in [0.1, 0.15) is 46.0 Å². The monoisotopic (exact) mass is 378 g/mol. The van der Waals surface area contributed by atoms with Gasteiger partial charge in [-0.15, -0.1) is 0 Å². The van der Waals surface area contributed by atoms with E-state index in [4.69, 9.17) is 4.52 Å². The van der Waals surface area contributed by atoms with E-state index in [1.807, 2.05) is 18.0 Å². The Morgan fingerprint density at radius 2 is 2.21 bits per heavy atom. The fourth-order valence-corrected chi connectivity index (χ4v) is 3.87. The highest BCUT2D eigenvalue weighted by Crippen LogP contribution is 2.34. The molecule has 144 valence electrons. The highest BCUT2D eigenvalue weighted by atomic mass is 16.5. The van der Waals surface area contributed by atoms with Crippen molar-refractivity contribution in [1.29, 1.82) is 0 Å². The third-order valence-corrected chi connectivity index (χ3v) is 5.64. The van der Waals surface area contributed by atoms with E-state index in [9.17, 15) is 4.79 Å². The van der Waals surface area contributed by atoms with Crippen LogP contribution in [-0.2, 0) is 26.4 Å². The van der Waals surface area contributed by atoms with Crippen molar-refractivity contribution in [3.05, 3.63) is 46.9 Å². The highest BCUT2D eigenvalue weighted by Gasteiger charge is 2.29. The van der Waals surface area contributed by atoms with Gasteiger partial charge in [-0.3, -0.25) is 14.5 Å². The van der Waals surface area contributed by atoms with Gasteiger partial charge in [-0.2, -0.15) is 10.1 Å². The number of fused-ring (bicyclic) bond motifs is 1. The van der Waals surface area contributed by atoms with Gasteiger partial charge < -0.3 is 9.42 Å². The van der Waals surface area contributed by atoms with Crippen LogP contribution < -0.4 is 0 Å². The molecule has 0 saturated heterocycles. The van der Waals surface area contributed by atoms with Crippen molar-refractivity contribution < 1.29 is 9.32 Å². The molecular weight excluding hydrogens is 356 g/mol. The number of amides is 1. The molecule has 8 heteroatoms. The molecule has 0 unspecified atom stereocenters. The summed E-state index contributed by atoms with van der Waals surface area (Å²) in [7, 11) is 1.78. The Bertz CT molecular complexity index is 1050. The van der Waals surface area contributed by atoms with E-state index in [-0.39, 0.29) is 5.91 Å². The van der Waals surface area contributed by atoms with Crippen LogP contribution in [0.3, 0.4) is 0 Å². The molecule has 0 spiro atoms. The second-order valence-corrected chi connectivity index (χ2v) is 7.70. The lowest BCUT2D eigenvalue weighted by molar-refractivity contribution is 0.0723. The van der Waals surface area contributed by atoms with Crippen LogP contribution in [0.5, 0.6) is 0 Å². The Kier molecular flexibility index (Phi) is 3.99. The van der Waals surface area contributed by atoms with Crippen molar-refractivity contribution >= 4 is 5.91 Å². The van der Waals surface area contributed by atoms with Gasteiger partial charge in [0.15, 0.2) is 0 Å². The number of aryl methyl sites for hydroxylation is 2. The molecule has 1 amide bonds. The first-order valence-electron chi connectivity index (χ1n) is 9.67. The minimum Gasteiger partial charge on any atom is -0.339 e. The molecule has 0 N–H and O–H groups in total. The Balaban J connectivity index is 1.44. The van der Waals surface area contributed by atoms with E-state index in [2.05, 4.69) is 20.2 Å². The molecule has 0 aromatic carbocycles. The lowest BCUT2D eigenvalue weighted by atomic mass is 9.94. The highest BCUT2D eigenvalue weighted by molar-refractivity contribution is 5.92. The van der Waals surface area contributed by atoms with Crippen LogP contribution in [0.15, 0.2) is 23.0 Å². The fourth-order valence-electron chi connectivity index (χ4n) is 3.87. The maximum atomic E-state index is 12.8. The summed E-state index contributed by atoms with van der Waals surface area (Å²) in [5.41, 5.74) is 4.64. The fraction of sp³-hybridized carbons (Fsp3) is 0.450. The predicted octanol–water partition coefficient (Wildman–Crippen LogP) is 2.32. The van der Waals surface area contributed by atoms with Gasteiger partial charge in [-0.05, 0) is 49.3 Å². The standard InChI is InChI=1S/C20H22N6O2/c1-12-18(19-23-17(28-24-19)9-13-3-4-13)15-6-8-26(11-14(15)10-21-12)20(27)16-5-7-22-25(16)2/h5,7,10,13H,3-4,6,8-9,11H2,1-2H3. The molecule has 1 saturated carbocycles. The minimum atomic E-state index is -0.0148. The number of nitrogens with zero attached hydrogens (tertiary/aromatic N) is 6. The Morgan fingerprint density at radius 1 is 1.36 bits per heavy atom. The maximum absolute atomic E-state index is 12.8. The summed E-state index contributed by atoms with van der Waals surface area (Å²) < 4.78 is 7.08. The van der Waals surface area contributed by atoms with E-state index in [1.54, 1.807) is 24.0 Å². The van der Waals surface area contributed by atoms with Crippen LogP contribution >= 0.6 is 0 Å². The molecule has 4 heterocycles. The number of pyridine rings is 1. The third-order valence-electron chi connectivity index (χ3n) is 5.64. The SMILES string of the molecule is Cc1ncc2c(c1-c1noc(CC3CC3)n1)CCN(C(=O)c1ccnn1C)C2. The van der Waals surface area contributed by atoms with E-state index in [0.717, 1.165) is 29.7 Å². The van der Waals surface area contributed by atoms with Crippen molar-refractivity contribution in [2.24, 2.45) is 13.0 Å². The Hall–Kier alpha value is -3.03. The van der Waals surface area contributed by atoms with Crippen molar-refractivity contribution in [1.82, 2.24) is 29.8 Å². The van der Waals surface area contributed by atoms with Gasteiger partial charge in [0.25, 0.3) is 5.91 Å². The lowest BCUT2D eigenvalue weighted by Gasteiger charge is -2.30. The van der Waals surface area contributed by atoms with E-state index < -0.39 is 0 Å². The summed E-state index contributed by atoms with van der Waals surface area (Å²) in [6.45, 7) is 3.13. The molecule has 1 aliphatic heterocycles. The van der Waals surface area contributed by atoms with Crippen molar-refractivity contribution in [2.75, 3.05) is 6.54 Å². The summed E-state index contributed by atoms with van der Waals surface area (Å²) in [5, 5.41) is 8.32. The number of carbonyl (C=O) groups is 1. The summed E-state index contributed by atoms with van der Waals surface area (Å²) in [6, 6.07) is 1.75. The zero-order valence-corrected chi connectivity index (χ0v) is 16.1. The molecule has 5 rings (SSSR count). The van der Waals surface area contributed by atoms with Crippen LogP contribution in [0, 0.1) is 12.8 Å². The summed E-state index contributed by atoms with van der Waals surface area (Å²) >= 11 is 0. The largest absolute Gasteiger partial charge is 0.339 e. The molecular formula is C20H22N6O2. The smallest absolute Gasteiger partial charge is 0.272 e. The minimum absolute atomic E-state index is 0.0148. The van der Waals surface area contributed by atoms with Crippen molar-refractivity contribution in [3.8, 4) is 11.4 Å². The lowest BCUT2D eigenvalue weighted by Crippen LogP contribution is -2.37. The van der Waals surface area contributed by atoms with Gasteiger partial charge >= 0.3 is 0 Å². The molecule has 1 fully saturated rings. The van der Waals surface area contributed by atoms with Gasteiger partial charge in [-0.25, -0.2) is 0 Å². The Labute approximate surface area is 162 Å². The van der Waals surface area contributed by atoms with Gasteiger partial charge in [0, 0.05) is 50.2 Å². The molecule has 28 heavy (non-hydrogen) atoms. The number of rotatable bonds is 4. The number of hydrogen-bond donors (Lipinski definition) is 0. The van der Waals surface area contributed by atoms with Gasteiger partial charge in [-0.1, -0.05) is 5.16 Å². The first-order valence-corrected chi connectivity index (χ1v) is 9.67. The van der Waals surface area contributed by atoms with E-state index in [0.29, 0.717) is 36.4 Å². The zero-order chi connectivity index (χ0) is 19.3. The van der Waals surface area contributed by atoms with Crippen LogP contribution in [0.25, 0.3) is 11.4 Å². The van der Waals surface area contributed by atoms with Crippen molar-refractivity contribution in [3.63, 3.8) is 0 Å². The molecule has 1 aliphatic carbocycles. The van der Waals surface area contributed by atoms with Gasteiger partial charge in [0.2, 0.25) is 11.7 Å². The van der Waals surface area contributed by atoms with E-state index in [1.165, 1.54) is 18.4 Å². The van der Waals surface area contributed by atoms with Gasteiger partial charge in [0.05, 0.1) is 0 Å². The summed E-state index contributed by atoms with van der Waals surface area (Å²) in [4.78, 5) is 23.8. The van der Waals surface area contributed by atoms with Crippen molar-refractivity contribution in [2.45, 2.75) is 39.2 Å². The van der Waals surface area contributed by atoms with Crippen LogP contribution in [-0.4, -0.2) is 42.3 Å². The van der Waals surface area contributed by atoms with E-state index >= 15 is 0 Å². The number of carbonyl (C=O) groups excluding carboxylic acids is 1. The zero-order valence-electron chi connectivity index (χ0n) is 16.1. The van der Waals surface area contributed by atoms with Crippen LogP contribution in [0.4, 0.5) is 0 Å².